The van der Waals surface area contributed by atoms with Crippen LogP contribution in [0.1, 0.15) is 74.9 Å². The SMILES string of the molecule is CCC1=C[C@H](CC)C[C@H](CC)C1c1c(C)nn(-c2[c-]c(Oc3[c-]c4c(cc3)c3ccccc3n4-c3cc(F)ccn3)cc(C)c2)c1C.[Pt+2]. The van der Waals surface area contributed by atoms with Crippen molar-refractivity contribution >= 4 is 21.8 Å². The van der Waals surface area contributed by atoms with Gasteiger partial charge in [0.05, 0.1) is 5.69 Å². The van der Waals surface area contributed by atoms with Crippen LogP contribution in [0, 0.1) is 50.6 Å². The van der Waals surface area contributed by atoms with Gasteiger partial charge in [-0.1, -0.05) is 69.5 Å². The molecule has 3 atom stereocenters. The molecule has 5 nitrogen and oxygen atoms in total. The van der Waals surface area contributed by atoms with Gasteiger partial charge in [0.25, 0.3) is 0 Å². The van der Waals surface area contributed by atoms with Crippen LogP contribution in [0.5, 0.6) is 11.5 Å². The molecule has 0 fully saturated rings. The van der Waals surface area contributed by atoms with E-state index in [1.165, 1.54) is 36.7 Å². The molecule has 1 aliphatic rings. The molecule has 1 aliphatic carbocycles. The summed E-state index contributed by atoms with van der Waals surface area (Å²) in [5.74, 6) is 2.93. The number of para-hydroxylation sites is 1. The van der Waals surface area contributed by atoms with Gasteiger partial charge in [0, 0.05) is 46.5 Å². The maximum atomic E-state index is 14.3. The third kappa shape index (κ3) is 6.05. The molecule has 3 aromatic carbocycles. The molecule has 3 heterocycles. The largest absolute Gasteiger partial charge is 2.00 e. The van der Waals surface area contributed by atoms with E-state index in [1.807, 2.05) is 45.6 Å². The van der Waals surface area contributed by atoms with Gasteiger partial charge in [-0.3, -0.25) is 4.68 Å². The molecule has 0 bridgehead atoms. The number of hydrogen-bond acceptors (Lipinski definition) is 3. The minimum Gasteiger partial charge on any atom is -0.509 e. The van der Waals surface area contributed by atoms with Crippen molar-refractivity contribution in [2.24, 2.45) is 11.8 Å². The van der Waals surface area contributed by atoms with E-state index in [1.54, 1.807) is 5.57 Å². The molecule has 0 spiro atoms. The molecule has 6 aromatic rings. The van der Waals surface area contributed by atoms with Gasteiger partial charge in [0.1, 0.15) is 11.6 Å². The second-order valence-corrected chi connectivity index (χ2v) is 12.9. The normalized spacial score (nSPS) is 17.8. The Morgan fingerprint density at radius 1 is 0.917 bits per heavy atom. The number of benzene rings is 3. The van der Waals surface area contributed by atoms with Crippen LogP contribution >= 0.6 is 0 Å². The Morgan fingerprint density at radius 2 is 1.73 bits per heavy atom. The van der Waals surface area contributed by atoms with Gasteiger partial charge in [0.2, 0.25) is 0 Å². The van der Waals surface area contributed by atoms with Gasteiger partial charge < -0.3 is 9.30 Å². The quantitative estimate of drug-likeness (QED) is 0.114. The van der Waals surface area contributed by atoms with Crippen molar-refractivity contribution < 1.29 is 30.2 Å². The average molecular weight is 820 g/mol. The van der Waals surface area contributed by atoms with Crippen LogP contribution in [-0.2, 0) is 21.1 Å². The second kappa shape index (κ2) is 13.8. The molecule has 48 heavy (non-hydrogen) atoms. The van der Waals surface area contributed by atoms with Crippen LogP contribution in [0.2, 0.25) is 0 Å². The van der Waals surface area contributed by atoms with E-state index in [9.17, 15) is 4.39 Å². The van der Waals surface area contributed by atoms with Gasteiger partial charge in [-0.25, -0.2) is 9.37 Å². The number of nitrogens with zero attached hydrogens (tertiary/aromatic N) is 4. The summed E-state index contributed by atoms with van der Waals surface area (Å²) in [6, 6.07) is 25.8. The molecule has 0 saturated heterocycles. The number of rotatable bonds is 8. The van der Waals surface area contributed by atoms with Crippen molar-refractivity contribution in [3.05, 3.63) is 119 Å². The Labute approximate surface area is 297 Å². The predicted molar refractivity (Wildman–Crippen MR) is 187 cm³/mol. The minimum absolute atomic E-state index is 0. The van der Waals surface area contributed by atoms with E-state index >= 15 is 0 Å². The standard InChI is InChI=1S/C41H41FN4O.Pt/c1-7-28-20-29(8-2)41(30(9-3)21-28)40-26(5)44-46(27(40)6)32-18-25(4)19-34(23-32)47-33-14-15-36-35-12-10-11-13-37(35)45(38(36)24-33)39-22-31(42)16-17-43-39;/h10-20,22,28,30,41H,7-9,21H2,1-6H3;/q-2;+2/t28-,30-,41?;/m0./s1. The van der Waals surface area contributed by atoms with Crippen LogP contribution in [-0.4, -0.2) is 19.3 Å². The number of aromatic nitrogens is 4. The van der Waals surface area contributed by atoms with E-state index in [-0.39, 0.29) is 26.9 Å². The number of ether oxygens (including phenoxy) is 1. The fourth-order valence-corrected chi connectivity index (χ4v) is 7.72. The Morgan fingerprint density at radius 3 is 2.48 bits per heavy atom. The van der Waals surface area contributed by atoms with Gasteiger partial charge in [0.15, 0.2) is 0 Å². The summed E-state index contributed by atoms with van der Waals surface area (Å²) < 4.78 is 24.7. The van der Waals surface area contributed by atoms with Crippen LogP contribution in [0.15, 0.2) is 78.5 Å². The first-order valence-electron chi connectivity index (χ1n) is 16.9. The zero-order valence-electron chi connectivity index (χ0n) is 28.4. The number of halogens is 1. The van der Waals surface area contributed by atoms with E-state index in [4.69, 9.17) is 9.84 Å². The molecule has 7 heteroatoms. The molecule has 1 unspecified atom stereocenters. The van der Waals surface area contributed by atoms with Crippen LogP contribution in [0.25, 0.3) is 33.3 Å². The molecule has 248 valence electrons. The van der Waals surface area contributed by atoms with Crippen molar-refractivity contribution in [2.45, 2.75) is 73.1 Å². The Bertz CT molecular complexity index is 2140. The summed E-state index contributed by atoms with van der Waals surface area (Å²) in [6.07, 6.45) is 8.68. The first kappa shape index (κ1) is 33.9. The summed E-state index contributed by atoms with van der Waals surface area (Å²) in [4.78, 5) is 4.47. The van der Waals surface area contributed by atoms with Crippen molar-refractivity contribution in [1.82, 2.24) is 19.3 Å². The van der Waals surface area contributed by atoms with Gasteiger partial charge in [-0.15, -0.1) is 35.7 Å². The summed E-state index contributed by atoms with van der Waals surface area (Å²) in [5.41, 5.74) is 8.73. The Kier molecular flexibility index (Phi) is 9.76. The monoisotopic (exact) mass is 819 g/mol. The van der Waals surface area contributed by atoms with Gasteiger partial charge >= 0.3 is 21.1 Å². The number of pyridine rings is 1. The number of hydrogen-bond donors (Lipinski definition) is 0. The molecule has 0 saturated carbocycles. The summed E-state index contributed by atoms with van der Waals surface area (Å²) in [7, 11) is 0. The van der Waals surface area contributed by atoms with E-state index < -0.39 is 0 Å². The minimum atomic E-state index is -0.344. The van der Waals surface area contributed by atoms with E-state index in [0.29, 0.717) is 35.1 Å². The summed E-state index contributed by atoms with van der Waals surface area (Å²) >= 11 is 0. The molecule has 0 radical (unpaired) electrons. The van der Waals surface area contributed by atoms with Crippen molar-refractivity contribution in [3.63, 3.8) is 0 Å². The van der Waals surface area contributed by atoms with Crippen molar-refractivity contribution in [2.75, 3.05) is 0 Å². The molecule has 0 N–H and O–H groups in total. The van der Waals surface area contributed by atoms with Crippen LogP contribution < -0.4 is 4.74 Å². The molecular formula is C41H41FN4OPt. The van der Waals surface area contributed by atoms with Crippen LogP contribution in [0.3, 0.4) is 0 Å². The zero-order chi connectivity index (χ0) is 32.8. The van der Waals surface area contributed by atoms with Gasteiger partial charge in [-0.2, -0.15) is 16.7 Å². The maximum absolute atomic E-state index is 14.3. The van der Waals surface area contributed by atoms with E-state index in [2.05, 4.69) is 76.9 Å². The maximum Gasteiger partial charge on any atom is 2.00 e. The van der Waals surface area contributed by atoms with E-state index in [0.717, 1.165) is 57.3 Å². The van der Waals surface area contributed by atoms with Gasteiger partial charge in [-0.05, 0) is 68.2 Å². The first-order valence-corrected chi connectivity index (χ1v) is 16.9. The van der Waals surface area contributed by atoms with Crippen molar-refractivity contribution in [1.29, 1.82) is 0 Å². The second-order valence-electron chi connectivity index (χ2n) is 12.9. The topological polar surface area (TPSA) is 44.9 Å². The number of allylic oxidation sites excluding steroid dienone is 2. The molecule has 7 rings (SSSR count). The molecule has 0 amide bonds. The fraction of sp³-hybridized carbons (Fsp3) is 0.317. The molecule has 3 aromatic heterocycles. The Hall–Kier alpha value is -4.02. The van der Waals surface area contributed by atoms with Crippen molar-refractivity contribution in [3.8, 4) is 23.0 Å². The Balaban J connectivity index is 0.00000401. The smallest absolute Gasteiger partial charge is 0.509 e. The summed E-state index contributed by atoms with van der Waals surface area (Å²) in [6.45, 7) is 13.3. The third-order valence-electron chi connectivity index (χ3n) is 9.96. The first-order chi connectivity index (χ1) is 22.8. The summed E-state index contributed by atoms with van der Waals surface area (Å²) in [5, 5.41) is 7.12. The third-order valence-corrected chi connectivity index (χ3v) is 9.96. The van der Waals surface area contributed by atoms with Crippen LogP contribution in [0.4, 0.5) is 4.39 Å². The fourth-order valence-electron chi connectivity index (χ4n) is 7.72. The molecule has 0 aliphatic heterocycles. The number of fused-ring (bicyclic) bond motifs is 3. The predicted octanol–water partition coefficient (Wildman–Crippen LogP) is 10.7. The average Bonchev–Trinajstić information content (AvgIpc) is 3.56. The molecular weight excluding hydrogens is 779 g/mol. The number of aryl methyl sites for hydroxylation is 2. The zero-order valence-corrected chi connectivity index (χ0v) is 30.7.